The highest BCUT2D eigenvalue weighted by molar-refractivity contribution is 7.92. The Morgan fingerprint density at radius 3 is 2.20 bits per heavy atom. The third-order valence-corrected chi connectivity index (χ3v) is 8.22. The van der Waals surface area contributed by atoms with Crippen LogP contribution in [0.15, 0.2) is 83.8 Å². The predicted octanol–water partition coefficient (Wildman–Crippen LogP) is 4.23. The van der Waals surface area contributed by atoms with Gasteiger partial charge in [-0.25, -0.2) is 8.42 Å². The first kappa shape index (κ1) is 30.5. The monoisotopic (exact) mass is 567 g/mol. The summed E-state index contributed by atoms with van der Waals surface area (Å²) in [6.45, 7) is 3.70. The second-order valence-electron chi connectivity index (χ2n) is 9.22. The van der Waals surface area contributed by atoms with Gasteiger partial charge in [-0.3, -0.25) is 13.9 Å². The van der Waals surface area contributed by atoms with Gasteiger partial charge in [-0.05, 0) is 55.3 Å². The van der Waals surface area contributed by atoms with Crippen molar-refractivity contribution in [2.45, 2.75) is 44.2 Å². The van der Waals surface area contributed by atoms with E-state index in [-0.39, 0.29) is 23.0 Å². The van der Waals surface area contributed by atoms with Crippen molar-refractivity contribution in [3.8, 4) is 11.5 Å². The van der Waals surface area contributed by atoms with Crippen molar-refractivity contribution >= 4 is 27.5 Å². The number of sulfonamides is 1. The minimum atomic E-state index is -4.15. The van der Waals surface area contributed by atoms with E-state index in [1.807, 2.05) is 13.0 Å². The second kappa shape index (κ2) is 14.4. The summed E-state index contributed by atoms with van der Waals surface area (Å²) >= 11 is 0. The summed E-state index contributed by atoms with van der Waals surface area (Å²) in [5.41, 5.74) is 0.998. The van der Waals surface area contributed by atoms with Crippen LogP contribution >= 0.6 is 0 Å². The molecule has 214 valence electrons. The first-order valence-electron chi connectivity index (χ1n) is 13.1. The fraction of sp³-hybridized carbons (Fsp3) is 0.333. The molecule has 1 atom stereocenters. The van der Waals surface area contributed by atoms with E-state index in [2.05, 4.69) is 5.32 Å². The molecule has 2 amide bonds. The van der Waals surface area contributed by atoms with E-state index in [1.54, 1.807) is 74.7 Å². The van der Waals surface area contributed by atoms with E-state index in [1.165, 1.54) is 24.1 Å². The number of nitrogens with zero attached hydrogens (tertiary/aromatic N) is 2. The van der Waals surface area contributed by atoms with Crippen LogP contribution in [0.5, 0.6) is 11.5 Å². The quantitative estimate of drug-likeness (QED) is 0.292. The molecule has 10 heteroatoms. The fourth-order valence-corrected chi connectivity index (χ4v) is 5.53. The molecule has 0 fully saturated rings. The van der Waals surface area contributed by atoms with Crippen molar-refractivity contribution in [1.82, 2.24) is 10.2 Å². The summed E-state index contributed by atoms with van der Waals surface area (Å²) in [4.78, 5) is 28.5. The van der Waals surface area contributed by atoms with E-state index >= 15 is 0 Å². The van der Waals surface area contributed by atoms with Crippen LogP contribution < -0.4 is 19.1 Å². The number of carbonyl (C=O) groups excluding carboxylic acids is 2. The number of benzene rings is 3. The number of hydrogen-bond acceptors (Lipinski definition) is 6. The maximum absolute atomic E-state index is 14.0. The molecule has 9 nitrogen and oxygen atoms in total. The van der Waals surface area contributed by atoms with E-state index in [9.17, 15) is 18.0 Å². The summed E-state index contributed by atoms with van der Waals surface area (Å²) in [7, 11) is -1.12. The second-order valence-corrected chi connectivity index (χ2v) is 11.1. The molecule has 0 aliphatic rings. The average molecular weight is 568 g/mol. The zero-order valence-corrected chi connectivity index (χ0v) is 24.2. The zero-order chi connectivity index (χ0) is 29.1. The van der Waals surface area contributed by atoms with Crippen LogP contribution in [0.4, 0.5) is 5.69 Å². The van der Waals surface area contributed by atoms with Crippen LogP contribution in [0, 0.1) is 0 Å². The molecule has 0 spiro atoms. The number of rotatable bonds is 14. The van der Waals surface area contributed by atoms with Crippen LogP contribution in [-0.4, -0.2) is 58.5 Å². The van der Waals surface area contributed by atoms with Gasteiger partial charge in [-0.15, -0.1) is 0 Å². The molecule has 3 aromatic carbocycles. The van der Waals surface area contributed by atoms with E-state index in [0.29, 0.717) is 18.0 Å². The third-order valence-electron chi connectivity index (χ3n) is 6.44. The maximum atomic E-state index is 14.0. The standard InChI is InChI=1S/C30H37N3O6S/c1-5-6-18-31-30(35)23(2)32(21-24-12-10-14-26(19-24)38-3)29(34)22-33(25-13-11-15-27(20-25)39-4)40(36,37)28-16-8-7-9-17-28/h7-17,19-20,23H,5-6,18,21-22H2,1-4H3,(H,31,35). The third kappa shape index (κ3) is 7.75. The van der Waals surface area contributed by atoms with Gasteiger partial charge in [-0.1, -0.05) is 49.7 Å². The van der Waals surface area contributed by atoms with Crippen molar-refractivity contribution in [1.29, 1.82) is 0 Å². The number of amides is 2. The topological polar surface area (TPSA) is 105 Å². The Morgan fingerprint density at radius 1 is 0.900 bits per heavy atom. The number of nitrogens with one attached hydrogen (secondary N) is 1. The van der Waals surface area contributed by atoms with Gasteiger partial charge in [0.2, 0.25) is 11.8 Å². The normalized spacial score (nSPS) is 11.8. The molecule has 0 aliphatic carbocycles. The molecule has 3 aromatic rings. The molecule has 40 heavy (non-hydrogen) atoms. The first-order chi connectivity index (χ1) is 19.2. The molecule has 0 aromatic heterocycles. The van der Waals surface area contributed by atoms with Gasteiger partial charge in [0.1, 0.15) is 24.1 Å². The van der Waals surface area contributed by atoms with Crippen molar-refractivity contribution in [2.75, 3.05) is 31.6 Å². The summed E-state index contributed by atoms with van der Waals surface area (Å²) in [6, 6.07) is 20.7. The van der Waals surface area contributed by atoms with Gasteiger partial charge in [0.25, 0.3) is 10.0 Å². The highest BCUT2D eigenvalue weighted by atomic mass is 32.2. The van der Waals surface area contributed by atoms with Crippen LogP contribution in [0.2, 0.25) is 0 Å². The van der Waals surface area contributed by atoms with Gasteiger partial charge < -0.3 is 19.7 Å². The Labute approximate surface area is 236 Å². The van der Waals surface area contributed by atoms with Gasteiger partial charge >= 0.3 is 0 Å². The minimum absolute atomic E-state index is 0.0373. The minimum Gasteiger partial charge on any atom is -0.497 e. The number of hydrogen-bond donors (Lipinski definition) is 1. The summed E-state index contributed by atoms with van der Waals surface area (Å²) < 4.78 is 39.3. The van der Waals surface area contributed by atoms with Crippen LogP contribution in [0.3, 0.4) is 0 Å². The Kier molecular flexibility index (Phi) is 11.0. The molecule has 1 N–H and O–H groups in total. The number of methoxy groups -OCH3 is 2. The van der Waals surface area contributed by atoms with Crippen molar-refractivity contribution in [3.05, 3.63) is 84.4 Å². The summed E-state index contributed by atoms with van der Waals surface area (Å²) in [5.74, 6) is 0.191. The average Bonchev–Trinajstić information content (AvgIpc) is 2.98. The first-order valence-corrected chi connectivity index (χ1v) is 14.6. The molecule has 0 saturated heterocycles. The molecule has 0 radical (unpaired) electrons. The van der Waals surface area contributed by atoms with E-state index < -0.39 is 28.5 Å². The Morgan fingerprint density at radius 2 is 1.55 bits per heavy atom. The van der Waals surface area contributed by atoms with Gasteiger partial charge in [0.15, 0.2) is 0 Å². The molecule has 0 heterocycles. The Balaban J connectivity index is 2.01. The molecule has 0 saturated carbocycles. The fourth-order valence-electron chi connectivity index (χ4n) is 4.10. The van der Waals surface area contributed by atoms with E-state index in [4.69, 9.17) is 9.47 Å². The number of unbranched alkanes of at least 4 members (excludes halogenated alkanes) is 1. The SMILES string of the molecule is CCCCNC(=O)C(C)N(Cc1cccc(OC)c1)C(=O)CN(c1cccc(OC)c1)S(=O)(=O)c1ccccc1. The van der Waals surface area contributed by atoms with Crippen molar-refractivity contribution in [3.63, 3.8) is 0 Å². The molecule has 0 bridgehead atoms. The van der Waals surface area contributed by atoms with Gasteiger partial charge in [0.05, 0.1) is 24.8 Å². The molecule has 1 unspecified atom stereocenters. The lowest BCUT2D eigenvalue weighted by Crippen LogP contribution is -2.51. The molecular weight excluding hydrogens is 530 g/mol. The Bertz CT molecular complexity index is 1380. The Hall–Kier alpha value is -4.05. The molecular formula is C30H37N3O6S. The van der Waals surface area contributed by atoms with Crippen LogP contribution in [0.1, 0.15) is 32.3 Å². The largest absolute Gasteiger partial charge is 0.497 e. The number of carbonyl (C=O) groups is 2. The number of ether oxygens (including phenoxy) is 2. The number of anilines is 1. The highest BCUT2D eigenvalue weighted by Gasteiger charge is 2.32. The molecule has 0 aliphatic heterocycles. The summed E-state index contributed by atoms with van der Waals surface area (Å²) in [6.07, 6.45) is 1.72. The lowest BCUT2D eigenvalue weighted by Gasteiger charge is -2.32. The van der Waals surface area contributed by atoms with Gasteiger partial charge in [-0.2, -0.15) is 0 Å². The van der Waals surface area contributed by atoms with Crippen molar-refractivity contribution < 1.29 is 27.5 Å². The maximum Gasteiger partial charge on any atom is 0.264 e. The smallest absolute Gasteiger partial charge is 0.264 e. The predicted molar refractivity (Wildman–Crippen MR) is 155 cm³/mol. The van der Waals surface area contributed by atoms with Gasteiger partial charge in [0, 0.05) is 19.2 Å². The zero-order valence-electron chi connectivity index (χ0n) is 23.4. The highest BCUT2D eigenvalue weighted by Crippen LogP contribution is 2.27. The lowest BCUT2D eigenvalue weighted by molar-refractivity contribution is -0.139. The lowest BCUT2D eigenvalue weighted by atomic mass is 10.1. The van der Waals surface area contributed by atoms with Crippen molar-refractivity contribution in [2.24, 2.45) is 0 Å². The van der Waals surface area contributed by atoms with E-state index in [0.717, 1.165) is 22.7 Å². The molecule has 3 rings (SSSR count). The van der Waals surface area contributed by atoms with Crippen LogP contribution in [-0.2, 0) is 26.2 Å². The summed E-state index contributed by atoms with van der Waals surface area (Å²) in [5, 5.41) is 2.88. The van der Waals surface area contributed by atoms with Crippen LogP contribution in [0.25, 0.3) is 0 Å².